The van der Waals surface area contributed by atoms with Crippen molar-refractivity contribution in [2.75, 3.05) is 47.4 Å². The Kier molecular flexibility index (Phi) is 7.01. The second kappa shape index (κ2) is 9.00. The molecule has 2 rings (SSSR count). The number of hydrogen-bond acceptors (Lipinski definition) is 6. The van der Waals surface area contributed by atoms with Gasteiger partial charge in [-0.2, -0.15) is 0 Å². The quantitative estimate of drug-likeness (QED) is 0.578. The molecule has 0 atom stereocenters. The van der Waals surface area contributed by atoms with Gasteiger partial charge in [0.25, 0.3) is 0 Å². The number of alkyl carbamates (subject to hydrolysis) is 1. The van der Waals surface area contributed by atoms with Crippen molar-refractivity contribution in [3.8, 4) is 5.75 Å². The van der Waals surface area contributed by atoms with Gasteiger partial charge in [0.15, 0.2) is 0 Å². The van der Waals surface area contributed by atoms with Crippen LogP contribution >= 0.6 is 11.9 Å². The molecule has 1 fully saturated rings. The molecule has 1 aromatic rings. The summed E-state index contributed by atoms with van der Waals surface area (Å²) in [6.45, 7) is 3.69. The lowest BCUT2D eigenvalue weighted by Gasteiger charge is -2.43. The normalized spacial score (nSPS) is 15.3. The molecule has 0 saturated carbocycles. The van der Waals surface area contributed by atoms with Gasteiger partial charge in [0.05, 0.1) is 14.2 Å². The number of methoxy groups -OCH3 is 2. The van der Waals surface area contributed by atoms with Crippen LogP contribution in [0.4, 0.5) is 4.79 Å². The van der Waals surface area contributed by atoms with E-state index < -0.39 is 0 Å². The maximum atomic E-state index is 11.1. The molecule has 0 aromatic heterocycles. The Balaban J connectivity index is 1.85. The van der Waals surface area contributed by atoms with Gasteiger partial charge in [0, 0.05) is 37.1 Å². The molecule has 6 nitrogen and oxygen atoms in total. The highest BCUT2D eigenvalue weighted by Gasteiger charge is 2.29. The van der Waals surface area contributed by atoms with Gasteiger partial charge in [-0.1, -0.05) is 0 Å². The smallest absolute Gasteiger partial charge is 0.406 e. The Morgan fingerprint density at radius 3 is 2.61 bits per heavy atom. The van der Waals surface area contributed by atoms with Crippen molar-refractivity contribution in [3.05, 3.63) is 24.3 Å². The molecule has 0 unspecified atom stereocenters. The van der Waals surface area contributed by atoms with Crippen molar-refractivity contribution in [1.29, 1.82) is 0 Å². The number of likely N-dealkylation sites (tertiary alicyclic amines) is 1. The van der Waals surface area contributed by atoms with Crippen molar-refractivity contribution in [1.82, 2.24) is 14.5 Å². The fourth-order valence-corrected chi connectivity index (χ4v) is 3.45. The number of benzene rings is 1. The van der Waals surface area contributed by atoms with Gasteiger partial charge in [-0.15, -0.1) is 0 Å². The molecule has 0 spiro atoms. The minimum absolute atomic E-state index is 0.372. The summed E-state index contributed by atoms with van der Waals surface area (Å²) < 4.78 is 12.2. The van der Waals surface area contributed by atoms with Crippen molar-refractivity contribution >= 4 is 18.0 Å². The number of carbonyl (C=O) groups excluding carboxylic acids is 1. The lowest BCUT2D eigenvalue weighted by atomic mass is 10.1. The van der Waals surface area contributed by atoms with Crippen molar-refractivity contribution < 1.29 is 14.3 Å². The molecule has 0 aliphatic carbocycles. The number of hydrogen-bond donors (Lipinski definition) is 1. The summed E-state index contributed by atoms with van der Waals surface area (Å²) in [5.41, 5.74) is 0. The molecule has 1 heterocycles. The van der Waals surface area contributed by atoms with E-state index in [1.54, 1.807) is 19.1 Å². The van der Waals surface area contributed by atoms with Gasteiger partial charge in [-0.3, -0.25) is 0 Å². The summed E-state index contributed by atoms with van der Waals surface area (Å²) in [5, 5.41) is 2.73. The molecule has 0 bridgehead atoms. The predicted octanol–water partition coefficient (Wildman–Crippen LogP) is 2.06. The molecule has 1 aliphatic rings. The molecular weight excluding hydrogens is 314 g/mol. The lowest BCUT2D eigenvalue weighted by molar-refractivity contribution is 0.111. The first-order valence-corrected chi connectivity index (χ1v) is 8.48. The van der Waals surface area contributed by atoms with Crippen LogP contribution in [0.1, 0.15) is 6.42 Å². The fraction of sp³-hybridized carbons (Fsp3) is 0.562. The van der Waals surface area contributed by atoms with Gasteiger partial charge >= 0.3 is 6.09 Å². The largest absolute Gasteiger partial charge is 0.497 e. The molecule has 23 heavy (non-hydrogen) atoms. The molecule has 1 aliphatic heterocycles. The van der Waals surface area contributed by atoms with Crippen LogP contribution in [0.5, 0.6) is 5.75 Å². The summed E-state index contributed by atoms with van der Waals surface area (Å²) in [7, 11) is 5.18. The topological polar surface area (TPSA) is 54.0 Å². The summed E-state index contributed by atoms with van der Waals surface area (Å²) in [4.78, 5) is 14.6. The van der Waals surface area contributed by atoms with E-state index >= 15 is 0 Å². The minimum atomic E-state index is -0.372. The Bertz CT molecular complexity index is 492. The van der Waals surface area contributed by atoms with Gasteiger partial charge in [0.2, 0.25) is 0 Å². The Hall–Kier alpha value is -1.44. The zero-order valence-electron chi connectivity index (χ0n) is 13.9. The van der Waals surface area contributed by atoms with E-state index in [2.05, 4.69) is 38.4 Å². The molecule has 0 radical (unpaired) electrons. The second-order valence-corrected chi connectivity index (χ2v) is 6.68. The van der Waals surface area contributed by atoms with Crippen LogP contribution in [-0.4, -0.2) is 68.8 Å². The average molecular weight is 339 g/mol. The summed E-state index contributed by atoms with van der Waals surface area (Å²) in [5.74, 6) is 0.867. The number of nitrogens with zero attached hydrogens (tertiary/aromatic N) is 2. The lowest BCUT2D eigenvalue weighted by Crippen LogP contribution is -2.55. The Morgan fingerprint density at radius 1 is 1.35 bits per heavy atom. The van der Waals surface area contributed by atoms with E-state index in [0.29, 0.717) is 12.6 Å². The van der Waals surface area contributed by atoms with Gasteiger partial charge in [-0.05, 0) is 49.7 Å². The van der Waals surface area contributed by atoms with Gasteiger partial charge in [0.1, 0.15) is 5.75 Å². The first-order chi connectivity index (χ1) is 11.1. The molecule has 1 saturated heterocycles. The number of amides is 1. The van der Waals surface area contributed by atoms with Gasteiger partial charge < -0.3 is 19.7 Å². The van der Waals surface area contributed by atoms with Crippen LogP contribution in [0.2, 0.25) is 0 Å². The number of likely N-dealkylation sites (N-methyl/N-ethyl adjacent to an activating group) is 1. The van der Waals surface area contributed by atoms with Crippen molar-refractivity contribution in [2.45, 2.75) is 17.4 Å². The van der Waals surface area contributed by atoms with Crippen molar-refractivity contribution in [3.63, 3.8) is 0 Å². The maximum absolute atomic E-state index is 11.1. The molecule has 1 aromatic carbocycles. The van der Waals surface area contributed by atoms with Crippen molar-refractivity contribution in [2.24, 2.45) is 0 Å². The van der Waals surface area contributed by atoms with E-state index in [9.17, 15) is 4.79 Å². The van der Waals surface area contributed by atoms with Gasteiger partial charge in [-0.25, -0.2) is 9.10 Å². The first kappa shape index (κ1) is 17.9. The molecule has 1 amide bonds. The SMILES string of the molecule is COC(=O)NCCCN(Sc1ccc(OC)cc1)C1CN(C)C1. The molecular formula is C16H25N3O3S. The van der Waals surface area contributed by atoms with E-state index in [1.165, 1.54) is 12.0 Å². The van der Waals surface area contributed by atoms with Crippen LogP contribution in [0.25, 0.3) is 0 Å². The molecule has 128 valence electrons. The first-order valence-electron chi connectivity index (χ1n) is 7.71. The highest BCUT2D eigenvalue weighted by molar-refractivity contribution is 7.97. The third-order valence-corrected chi connectivity index (χ3v) is 4.94. The van der Waals surface area contributed by atoms with E-state index in [-0.39, 0.29) is 6.09 Å². The number of rotatable bonds is 8. The van der Waals surface area contributed by atoms with E-state index in [1.807, 2.05) is 12.1 Å². The average Bonchev–Trinajstić information content (AvgIpc) is 2.55. The van der Waals surface area contributed by atoms with E-state index in [4.69, 9.17) is 4.74 Å². The summed E-state index contributed by atoms with van der Waals surface area (Å²) in [6.07, 6.45) is 0.515. The third-order valence-electron chi connectivity index (χ3n) is 3.74. The maximum Gasteiger partial charge on any atom is 0.406 e. The Labute approximate surface area is 142 Å². The Morgan fingerprint density at radius 2 is 2.04 bits per heavy atom. The van der Waals surface area contributed by atoms with Crippen LogP contribution < -0.4 is 10.1 Å². The zero-order chi connectivity index (χ0) is 16.7. The van der Waals surface area contributed by atoms with E-state index in [0.717, 1.165) is 31.8 Å². The summed E-state index contributed by atoms with van der Waals surface area (Å²) >= 11 is 1.77. The second-order valence-electron chi connectivity index (χ2n) is 5.55. The fourth-order valence-electron chi connectivity index (χ4n) is 2.42. The summed E-state index contributed by atoms with van der Waals surface area (Å²) in [6, 6.07) is 8.65. The third kappa shape index (κ3) is 5.60. The highest BCUT2D eigenvalue weighted by Crippen LogP contribution is 2.29. The van der Waals surface area contributed by atoms with Crippen LogP contribution in [0, 0.1) is 0 Å². The predicted molar refractivity (Wildman–Crippen MR) is 91.9 cm³/mol. The molecule has 7 heteroatoms. The number of carbonyl (C=O) groups is 1. The zero-order valence-corrected chi connectivity index (χ0v) is 14.8. The standard InChI is InChI=1S/C16H25N3O3S/c1-18-11-13(12-18)19(10-4-9-17-16(20)22-3)23-15-7-5-14(21-2)6-8-15/h5-8,13H,4,9-12H2,1-3H3,(H,17,20). The highest BCUT2D eigenvalue weighted by atomic mass is 32.2. The van der Waals surface area contributed by atoms with Crippen LogP contribution in [-0.2, 0) is 4.74 Å². The monoisotopic (exact) mass is 339 g/mol. The molecule has 1 N–H and O–H groups in total. The number of ether oxygens (including phenoxy) is 2. The van der Waals surface area contributed by atoms with Crippen LogP contribution in [0.15, 0.2) is 29.2 Å². The number of nitrogens with one attached hydrogen (secondary N) is 1. The van der Waals surface area contributed by atoms with Crippen LogP contribution in [0.3, 0.4) is 0 Å². The minimum Gasteiger partial charge on any atom is -0.497 e.